The third-order valence-corrected chi connectivity index (χ3v) is 10.6. The van der Waals surface area contributed by atoms with E-state index in [2.05, 4.69) is 25.8 Å². The van der Waals surface area contributed by atoms with E-state index in [0.717, 1.165) is 94.9 Å². The molecule has 1 aromatic heterocycles. The number of likely N-dealkylation sites (tertiary alicyclic amines) is 3. The Hall–Kier alpha value is -2.87. The summed E-state index contributed by atoms with van der Waals surface area (Å²) in [6.45, 7) is 9.77. The van der Waals surface area contributed by atoms with Crippen molar-refractivity contribution in [3.8, 4) is 0 Å². The third-order valence-electron chi connectivity index (χ3n) is 10.6. The van der Waals surface area contributed by atoms with E-state index in [1.807, 2.05) is 24.8 Å². The van der Waals surface area contributed by atoms with E-state index in [1.54, 1.807) is 6.07 Å². The Morgan fingerprint density at radius 2 is 1.59 bits per heavy atom. The minimum absolute atomic E-state index is 0.0566. The zero-order valence-corrected chi connectivity index (χ0v) is 24.7. The molecule has 3 saturated heterocycles. The fourth-order valence-corrected chi connectivity index (χ4v) is 8.14. The molecule has 2 unspecified atom stereocenters. The molecule has 2 aromatic rings. The van der Waals surface area contributed by atoms with Crippen LogP contribution in [0.25, 0.3) is 0 Å². The fourth-order valence-electron chi connectivity index (χ4n) is 8.14. The molecule has 220 valence electrons. The van der Waals surface area contributed by atoms with Gasteiger partial charge in [-0.1, -0.05) is 31.4 Å². The highest BCUT2D eigenvalue weighted by Gasteiger charge is 2.44. The zero-order valence-electron chi connectivity index (χ0n) is 24.7. The molecule has 4 heterocycles. The van der Waals surface area contributed by atoms with Crippen LogP contribution in [0.1, 0.15) is 78.7 Å². The SMILES string of the molecule is Cc1ncnc(C)c1C(=O)N1CC2CN(CCC3(c4cccc(F)c4)CCN(C(=O)C4CCCCC4)CC3)CC2C1. The monoisotopic (exact) mass is 561 g/mol. The minimum Gasteiger partial charge on any atom is -0.342 e. The highest BCUT2D eigenvalue weighted by atomic mass is 19.1. The summed E-state index contributed by atoms with van der Waals surface area (Å²) in [5.41, 5.74) is 3.10. The highest BCUT2D eigenvalue weighted by molar-refractivity contribution is 5.96. The van der Waals surface area contributed by atoms with Crippen molar-refractivity contribution in [3.05, 3.63) is 58.9 Å². The van der Waals surface area contributed by atoms with Crippen molar-refractivity contribution in [1.82, 2.24) is 24.7 Å². The van der Waals surface area contributed by atoms with E-state index in [1.165, 1.54) is 31.7 Å². The second kappa shape index (κ2) is 11.8. The second-order valence-corrected chi connectivity index (χ2v) is 13.1. The number of nitrogens with zero attached hydrogens (tertiary/aromatic N) is 5. The average Bonchev–Trinajstić information content (AvgIpc) is 3.56. The van der Waals surface area contributed by atoms with Crippen molar-refractivity contribution in [3.63, 3.8) is 0 Å². The van der Waals surface area contributed by atoms with Crippen LogP contribution in [-0.4, -0.2) is 82.3 Å². The van der Waals surface area contributed by atoms with Gasteiger partial charge in [0.15, 0.2) is 0 Å². The van der Waals surface area contributed by atoms with E-state index >= 15 is 0 Å². The summed E-state index contributed by atoms with van der Waals surface area (Å²) in [4.78, 5) is 41.7. The Labute approximate surface area is 243 Å². The number of piperidine rings is 1. The van der Waals surface area contributed by atoms with Crippen molar-refractivity contribution >= 4 is 11.8 Å². The lowest BCUT2D eigenvalue weighted by atomic mass is 9.70. The van der Waals surface area contributed by atoms with Gasteiger partial charge in [-0.2, -0.15) is 0 Å². The quantitative estimate of drug-likeness (QED) is 0.509. The molecule has 4 aliphatic rings. The number of carbonyl (C=O) groups is 2. The molecular formula is C33H44FN5O2. The molecule has 0 spiro atoms. The summed E-state index contributed by atoms with van der Waals surface area (Å²) in [6.07, 6.45) is 9.90. The van der Waals surface area contributed by atoms with Crippen LogP contribution < -0.4 is 0 Å². The zero-order chi connectivity index (χ0) is 28.6. The van der Waals surface area contributed by atoms with Crippen LogP contribution in [0, 0.1) is 37.4 Å². The van der Waals surface area contributed by atoms with E-state index < -0.39 is 0 Å². The van der Waals surface area contributed by atoms with Gasteiger partial charge in [-0.05, 0) is 87.4 Å². The van der Waals surface area contributed by atoms with Gasteiger partial charge >= 0.3 is 0 Å². The first kappa shape index (κ1) is 28.3. The van der Waals surface area contributed by atoms with Crippen molar-refractivity contribution in [2.24, 2.45) is 17.8 Å². The van der Waals surface area contributed by atoms with Crippen molar-refractivity contribution in [1.29, 1.82) is 0 Å². The highest BCUT2D eigenvalue weighted by Crippen LogP contribution is 2.41. The predicted octanol–water partition coefficient (Wildman–Crippen LogP) is 4.77. The summed E-state index contributed by atoms with van der Waals surface area (Å²) in [6, 6.07) is 7.16. The molecule has 7 nitrogen and oxygen atoms in total. The number of fused-ring (bicyclic) bond motifs is 1. The molecule has 4 fully saturated rings. The molecule has 6 rings (SSSR count). The molecule has 1 saturated carbocycles. The standard InChI is InChI=1S/C33H44FN5O2/c1-23-30(24(2)36-22-35-23)32(41)39-20-26-18-37(19-27(26)21-39)14-11-33(28-9-6-10-29(34)17-28)12-15-38(16-13-33)31(40)25-7-4-3-5-8-25/h6,9-10,17,22,25-27H,3-5,7-8,11-16,18-21H2,1-2H3. The summed E-state index contributed by atoms with van der Waals surface area (Å²) in [7, 11) is 0. The Bertz CT molecular complexity index is 1240. The number of halogens is 1. The number of aryl methyl sites for hydroxylation is 2. The van der Waals surface area contributed by atoms with Crippen LogP contribution in [0.5, 0.6) is 0 Å². The Balaban J connectivity index is 1.08. The Morgan fingerprint density at radius 1 is 0.927 bits per heavy atom. The van der Waals surface area contributed by atoms with Crippen LogP contribution >= 0.6 is 0 Å². The molecule has 2 atom stereocenters. The molecule has 1 aromatic carbocycles. The fraction of sp³-hybridized carbons (Fsp3) is 0.636. The summed E-state index contributed by atoms with van der Waals surface area (Å²) in [5, 5.41) is 0. The molecule has 1 aliphatic carbocycles. The first-order valence-corrected chi connectivity index (χ1v) is 15.7. The van der Waals surface area contributed by atoms with Gasteiger partial charge in [-0.25, -0.2) is 14.4 Å². The van der Waals surface area contributed by atoms with Crippen LogP contribution in [-0.2, 0) is 10.2 Å². The van der Waals surface area contributed by atoms with Gasteiger partial charge in [0.2, 0.25) is 5.91 Å². The minimum atomic E-state index is -0.183. The van der Waals surface area contributed by atoms with Crippen molar-refractivity contribution < 1.29 is 14.0 Å². The smallest absolute Gasteiger partial charge is 0.257 e. The molecule has 0 N–H and O–H groups in total. The van der Waals surface area contributed by atoms with Gasteiger partial charge in [0.25, 0.3) is 5.91 Å². The number of hydrogen-bond acceptors (Lipinski definition) is 5. The number of carbonyl (C=O) groups excluding carboxylic acids is 2. The Kier molecular flexibility index (Phi) is 8.12. The largest absolute Gasteiger partial charge is 0.342 e. The summed E-state index contributed by atoms with van der Waals surface area (Å²) >= 11 is 0. The maximum absolute atomic E-state index is 14.4. The van der Waals surface area contributed by atoms with Gasteiger partial charge in [-0.3, -0.25) is 9.59 Å². The first-order chi connectivity index (χ1) is 19.8. The molecule has 41 heavy (non-hydrogen) atoms. The average molecular weight is 562 g/mol. The van der Waals surface area contributed by atoms with Crippen LogP contribution in [0.4, 0.5) is 4.39 Å². The predicted molar refractivity (Wildman–Crippen MR) is 156 cm³/mol. The molecule has 0 radical (unpaired) electrons. The van der Waals surface area contributed by atoms with Gasteiger partial charge in [0.05, 0.1) is 17.0 Å². The first-order valence-electron chi connectivity index (χ1n) is 15.7. The summed E-state index contributed by atoms with van der Waals surface area (Å²) in [5.74, 6) is 1.37. The van der Waals surface area contributed by atoms with Crippen molar-refractivity contribution in [2.45, 2.75) is 70.6 Å². The Morgan fingerprint density at radius 3 is 2.22 bits per heavy atom. The lowest BCUT2D eigenvalue weighted by molar-refractivity contribution is -0.138. The number of rotatable bonds is 6. The molecule has 8 heteroatoms. The lowest BCUT2D eigenvalue weighted by Gasteiger charge is -2.44. The van der Waals surface area contributed by atoms with Crippen molar-refractivity contribution in [2.75, 3.05) is 45.8 Å². The normalized spacial score (nSPS) is 25.0. The van der Waals surface area contributed by atoms with Gasteiger partial charge in [0, 0.05) is 45.2 Å². The van der Waals surface area contributed by atoms with Gasteiger partial charge in [0.1, 0.15) is 12.1 Å². The van der Waals surface area contributed by atoms with Gasteiger partial charge < -0.3 is 14.7 Å². The van der Waals surface area contributed by atoms with Crippen LogP contribution in [0.3, 0.4) is 0 Å². The van der Waals surface area contributed by atoms with Crippen LogP contribution in [0.15, 0.2) is 30.6 Å². The van der Waals surface area contributed by atoms with E-state index in [9.17, 15) is 14.0 Å². The van der Waals surface area contributed by atoms with E-state index in [-0.39, 0.29) is 23.1 Å². The molecular weight excluding hydrogens is 517 g/mol. The number of aromatic nitrogens is 2. The van der Waals surface area contributed by atoms with Gasteiger partial charge in [-0.15, -0.1) is 0 Å². The number of benzene rings is 1. The van der Waals surface area contributed by atoms with Crippen LogP contribution in [0.2, 0.25) is 0 Å². The lowest BCUT2D eigenvalue weighted by Crippen LogP contribution is -2.48. The molecule has 3 aliphatic heterocycles. The molecule has 0 bridgehead atoms. The van der Waals surface area contributed by atoms with E-state index in [4.69, 9.17) is 0 Å². The molecule has 2 amide bonds. The summed E-state index contributed by atoms with van der Waals surface area (Å²) < 4.78 is 14.4. The number of amides is 2. The maximum atomic E-state index is 14.4. The van der Waals surface area contributed by atoms with E-state index in [0.29, 0.717) is 23.3 Å². The topological polar surface area (TPSA) is 69.6 Å². The third kappa shape index (κ3) is 5.77. The maximum Gasteiger partial charge on any atom is 0.257 e. The second-order valence-electron chi connectivity index (χ2n) is 13.1. The number of hydrogen-bond donors (Lipinski definition) is 0.